The van der Waals surface area contributed by atoms with Crippen molar-refractivity contribution in [2.24, 2.45) is 5.92 Å². The van der Waals surface area contributed by atoms with Crippen molar-refractivity contribution in [2.75, 3.05) is 6.54 Å². The Morgan fingerprint density at radius 1 is 1.31 bits per heavy atom. The quantitative estimate of drug-likeness (QED) is 0.827. The Bertz CT molecular complexity index is 337. The zero-order valence-corrected chi connectivity index (χ0v) is 11.6. The van der Waals surface area contributed by atoms with Crippen LogP contribution in [-0.2, 0) is 5.54 Å². The summed E-state index contributed by atoms with van der Waals surface area (Å²) in [6.45, 7) is 5.76. The Hall–Kier alpha value is -0.0500. The van der Waals surface area contributed by atoms with Crippen LogP contribution in [-0.4, -0.2) is 6.54 Å². The lowest BCUT2D eigenvalue weighted by atomic mass is 9.81. The molecule has 1 aromatic heterocycles. The molecule has 1 N–H and O–H groups in total. The third-order valence-corrected chi connectivity index (χ3v) is 5.10. The van der Waals surface area contributed by atoms with Gasteiger partial charge in [-0.3, -0.25) is 0 Å². The number of hydrogen-bond donors (Lipinski definition) is 1. The molecule has 1 aliphatic heterocycles. The van der Waals surface area contributed by atoms with Crippen LogP contribution in [0.2, 0.25) is 4.34 Å². The maximum Gasteiger partial charge on any atom is 0.0931 e. The lowest BCUT2D eigenvalue weighted by Crippen LogP contribution is -2.45. The van der Waals surface area contributed by atoms with Crippen molar-refractivity contribution in [1.82, 2.24) is 5.32 Å². The molecule has 1 unspecified atom stereocenters. The molecule has 1 atom stereocenters. The average molecular weight is 258 g/mol. The van der Waals surface area contributed by atoms with Crippen LogP contribution >= 0.6 is 22.9 Å². The summed E-state index contributed by atoms with van der Waals surface area (Å²) in [4.78, 5) is 1.41. The molecular formula is C13H20ClNS. The molecule has 0 amide bonds. The van der Waals surface area contributed by atoms with Gasteiger partial charge in [0, 0.05) is 4.88 Å². The van der Waals surface area contributed by atoms with E-state index >= 15 is 0 Å². The molecule has 1 aromatic rings. The van der Waals surface area contributed by atoms with Gasteiger partial charge in [0.15, 0.2) is 0 Å². The Balaban J connectivity index is 2.33. The highest BCUT2D eigenvalue weighted by molar-refractivity contribution is 7.16. The van der Waals surface area contributed by atoms with E-state index < -0.39 is 0 Å². The summed E-state index contributed by atoms with van der Waals surface area (Å²) >= 11 is 7.81. The van der Waals surface area contributed by atoms with Gasteiger partial charge in [0.25, 0.3) is 0 Å². The smallest absolute Gasteiger partial charge is 0.0931 e. The largest absolute Gasteiger partial charge is 0.307 e. The van der Waals surface area contributed by atoms with E-state index in [1.165, 1.54) is 30.6 Å². The molecule has 2 rings (SSSR count). The second kappa shape index (κ2) is 5.07. The second-order valence-electron chi connectivity index (χ2n) is 4.97. The van der Waals surface area contributed by atoms with Gasteiger partial charge in [-0.15, -0.1) is 11.3 Å². The topological polar surface area (TPSA) is 12.0 Å². The molecule has 0 aromatic carbocycles. The standard InChI is InChI=1S/C13H20ClNS/c1-10(2)13(8-4-3-5-9-15-13)11-6-7-12(14)16-11/h6-7,10,15H,3-5,8-9H2,1-2H3. The number of nitrogens with one attached hydrogen (secondary N) is 1. The summed E-state index contributed by atoms with van der Waals surface area (Å²) in [5, 5.41) is 3.78. The Morgan fingerprint density at radius 3 is 2.75 bits per heavy atom. The van der Waals surface area contributed by atoms with Crippen molar-refractivity contribution in [3.8, 4) is 0 Å². The predicted octanol–water partition coefficient (Wildman–Crippen LogP) is 4.42. The molecule has 0 spiro atoms. The maximum atomic E-state index is 6.08. The first kappa shape index (κ1) is 12.4. The van der Waals surface area contributed by atoms with E-state index in [2.05, 4.69) is 25.2 Å². The van der Waals surface area contributed by atoms with Crippen molar-refractivity contribution >= 4 is 22.9 Å². The number of thiophene rings is 1. The predicted molar refractivity (Wildman–Crippen MR) is 72.3 cm³/mol. The van der Waals surface area contributed by atoms with E-state index in [-0.39, 0.29) is 5.54 Å². The molecule has 0 aliphatic carbocycles. The van der Waals surface area contributed by atoms with Crippen LogP contribution in [0, 0.1) is 5.92 Å². The molecule has 0 bridgehead atoms. The lowest BCUT2D eigenvalue weighted by Gasteiger charge is -2.37. The molecule has 90 valence electrons. The molecule has 0 radical (unpaired) electrons. The van der Waals surface area contributed by atoms with Crippen LogP contribution < -0.4 is 5.32 Å². The summed E-state index contributed by atoms with van der Waals surface area (Å²) in [7, 11) is 0. The summed E-state index contributed by atoms with van der Waals surface area (Å²) in [6, 6.07) is 4.23. The minimum atomic E-state index is 0.161. The fourth-order valence-corrected chi connectivity index (χ4v) is 4.03. The van der Waals surface area contributed by atoms with Gasteiger partial charge in [0.2, 0.25) is 0 Å². The first-order valence-electron chi connectivity index (χ1n) is 6.16. The lowest BCUT2D eigenvalue weighted by molar-refractivity contribution is 0.236. The molecule has 3 heteroatoms. The minimum Gasteiger partial charge on any atom is -0.307 e. The van der Waals surface area contributed by atoms with Gasteiger partial charge in [0.1, 0.15) is 0 Å². The molecule has 0 saturated carbocycles. The molecule has 1 saturated heterocycles. The summed E-state index contributed by atoms with van der Waals surface area (Å²) in [5.41, 5.74) is 0.161. The first-order valence-corrected chi connectivity index (χ1v) is 7.35. The van der Waals surface area contributed by atoms with E-state index in [1.54, 1.807) is 11.3 Å². The third-order valence-electron chi connectivity index (χ3n) is 3.69. The van der Waals surface area contributed by atoms with Gasteiger partial charge in [-0.1, -0.05) is 38.3 Å². The van der Waals surface area contributed by atoms with Gasteiger partial charge in [-0.2, -0.15) is 0 Å². The summed E-state index contributed by atoms with van der Waals surface area (Å²) in [5.74, 6) is 0.611. The van der Waals surface area contributed by atoms with Crippen LogP contribution in [0.4, 0.5) is 0 Å². The van der Waals surface area contributed by atoms with E-state index in [1.807, 2.05) is 6.07 Å². The van der Waals surface area contributed by atoms with E-state index in [4.69, 9.17) is 11.6 Å². The first-order chi connectivity index (χ1) is 7.65. The van der Waals surface area contributed by atoms with Crippen LogP contribution in [0.1, 0.15) is 44.4 Å². The van der Waals surface area contributed by atoms with Gasteiger partial charge in [-0.25, -0.2) is 0 Å². The van der Waals surface area contributed by atoms with Crippen LogP contribution in [0.3, 0.4) is 0 Å². The second-order valence-corrected chi connectivity index (χ2v) is 6.68. The fourth-order valence-electron chi connectivity index (χ4n) is 2.65. The molecular weight excluding hydrogens is 238 g/mol. The van der Waals surface area contributed by atoms with Crippen molar-refractivity contribution < 1.29 is 0 Å². The molecule has 1 fully saturated rings. The molecule has 1 aliphatic rings. The number of rotatable bonds is 2. The highest BCUT2D eigenvalue weighted by Gasteiger charge is 2.36. The minimum absolute atomic E-state index is 0.161. The SMILES string of the molecule is CC(C)C1(c2ccc(Cl)s2)CCCCCN1. The fraction of sp³-hybridized carbons (Fsp3) is 0.692. The average Bonchev–Trinajstić information content (AvgIpc) is 2.55. The highest BCUT2D eigenvalue weighted by Crippen LogP contribution is 2.41. The van der Waals surface area contributed by atoms with Crippen LogP contribution in [0.15, 0.2) is 12.1 Å². The van der Waals surface area contributed by atoms with E-state index in [0.717, 1.165) is 10.9 Å². The monoisotopic (exact) mass is 257 g/mol. The van der Waals surface area contributed by atoms with Crippen molar-refractivity contribution in [3.05, 3.63) is 21.3 Å². The summed E-state index contributed by atoms with van der Waals surface area (Å²) < 4.78 is 0.904. The molecule has 1 nitrogen and oxygen atoms in total. The zero-order chi connectivity index (χ0) is 11.6. The third kappa shape index (κ3) is 2.29. The summed E-state index contributed by atoms with van der Waals surface area (Å²) in [6.07, 6.45) is 5.20. The van der Waals surface area contributed by atoms with Crippen LogP contribution in [0.25, 0.3) is 0 Å². The molecule has 2 heterocycles. The van der Waals surface area contributed by atoms with Crippen molar-refractivity contribution in [2.45, 2.75) is 45.1 Å². The Labute approximate surface area is 107 Å². The van der Waals surface area contributed by atoms with Gasteiger partial charge >= 0.3 is 0 Å². The van der Waals surface area contributed by atoms with E-state index in [0.29, 0.717) is 5.92 Å². The molecule has 16 heavy (non-hydrogen) atoms. The number of hydrogen-bond acceptors (Lipinski definition) is 2. The normalized spacial score (nSPS) is 27.0. The van der Waals surface area contributed by atoms with E-state index in [9.17, 15) is 0 Å². The van der Waals surface area contributed by atoms with Crippen LogP contribution in [0.5, 0.6) is 0 Å². The van der Waals surface area contributed by atoms with Gasteiger partial charge in [0.05, 0.1) is 9.88 Å². The zero-order valence-electron chi connectivity index (χ0n) is 10.1. The number of halogens is 1. The maximum absolute atomic E-state index is 6.08. The van der Waals surface area contributed by atoms with Gasteiger partial charge < -0.3 is 5.32 Å². The Kier molecular flexibility index (Phi) is 3.93. The highest BCUT2D eigenvalue weighted by atomic mass is 35.5. The van der Waals surface area contributed by atoms with Gasteiger partial charge in [-0.05, 0) is 37.4 Å². The van der Waals surface area contributed by atoms with Crippen molar-refractivity contribution in [3.63, 3.8) is 0 Å². The Morgan fingerprint density at radius 2 is 2.12 bits per heavy atom. The van der Waals surface area contributed by atoms with Crippen molar-refractivity contribution in [1.29, 1.82) is 0 Å².